The van der Waals surface area contributed by atoms with Gasteiger partial charge in [0.05, 0.1) is 6.21 Å². The summed E-state index contributed by atoms with van der Waals surface area (Å²) in [7, 11) is 0. The molecule has 0 bridgehead atoms. The van der Waals surface area contributed by atoms with E-state index in [1.165, 1.54) is 24.3 Å². The lowest BCUT2D eigenvalue weighted by atomic mass is 10.2. The Balaban J connectivity index is 1.57. The fourth-order valence-electron chi connectivity index (χ4n) is 1.97. The van der Waals surface area contributed by atoms with Crippen LogP contribution in [-0.2, 0) is 0 Å². The molecule has 1 N–H and O–H groups in total. The lowest BCUT2D eigenvalue weighted by Gasteiger charge is -2.25. The van der Waals surface area contributed by atoms with Crippen molar-refractivity contribution < 1.29 is 13.9 Å². The molecule has 1 fully saturated rings. The third-order valence-electron chi connectivity index (χ3n) is 3.25. The number of nitrogens with one attached hydrogen (secondary N) is 1. The van der Waals surface area contributed by atoms with Crippen LogP contribution < -0.4 is 10.2 Å². The van der Waals surface area contributed by atoms with Crippen LogP contribution in [0.2, 0.25) is 0 Å². The zero-order valence-corrected chi connectivity index (χ0v) is 13.1. The largest absolute Gasteiger partial charge is 0.489 e. The molecule has 1 amide bonds. The number of amides is 1. The van der Waals surface area contributed by atoms with E-state index in [0.29, 0.717) is 5.56 Å². The Morgan fingerprint density at radius 3 is 2.74 bits per heavy atom. The van der Waals surface area contributed by atoms with Gasteiger partial charge in [-0.1, -0.05) is 12.1 Å². The Labute approximate surface area is 137 Å². The van der Waals surface area contributed by atoms with E-state index >= 15 is 0 Å². The van der Waals surface area contributed by atoms with Crippen molar-refractivity contribution in [3.8, 4) is 5.75 Å². The number of halogens is 1. The number of hydrogen-bond donors (Lipinski definition) is 1. The third-order valence-corrected chi connectivity index (χ3v) is 4.47. The van der Waals surface area contributed by atoms with Crippen LogP contribution in [0.15, 0.2) is 53.6 Å². The molecule has 1 saturated heterocycles. The summed E-state index contributed by atoms with van der Waals surface area (Å²) in [5.41, 5.74) is 3.59. The van der Waals surface area contributed by atoms with E-state index in [1.54, 1.807) is 6.21 Å². The zero-order chi connectivity index (χ0) is 16.1. The highest BCUT2D eigenvalue weighted by Gasteiger charge is 2.19. The smallest absolute Gasteiger partial charge is 0.271 e. The normalized spacial score (nSPS) is 14.5. The van der Waals surface area contributed by atoms with Crippen molar-refractivity contribution in [3.63, 3.8) is 0 Å². The van der Waals surface area contributed by atoms with Crippen molar-refractivity contribution in [1.82, 2.24) is 5.43 Å². The van der Waals surface area contributed by atoms with E-state index < -0.39 is 0 Å². The number of nitrogens with zero attached hydrogens (tertiary/aromatic N) is 1. The van der Waals surface area contributed by atoms with Crippen molar-refractivity contribution in [3.05, 3.63) is 65.5 Å². The highest BCUT2D eigenvalue weighted by Crippen LogP contribution is 2.24. The van der Waals surface area contributed by atoms with E-state index in [9.17, 15) is 9.18 Å². The maximum absolute atomic E-state index is 12.8. The van der Waals surface area contributed by atoms with Crippen molar-refractivity contribution in [2.24, 2.45) is 5.10 Å². The minimum Gasteiger partial charge on any atom is -0.489 e. The monoisotopic (exact) mass is 330 g/mol. The van der Waals surface area contributed by atoms with Crippen molar-refractivity contribution in [1.29, 1.82) is 0 Å². The first kappa shape index (κ1) is 15.6. The maximum Gasteiger partial charge on any atom is 0.271 e. The van der Waals surface area contributed by atoms with Crippen LogP contribution in [-0.4, -0.2) is 29.7 Å². The average molecular weight is 330 g/mol. The molecule has 1 heterocycles. The number of rotatable bonds is 5. The summed E-state index contributed by atoms with van der Waals surface area (Å²) in [5, 5.41) is 3.92. The molecule has 2 aromatic carbocycles. The SMILES string of the molecule is O=C(N/N=C\c1cccc(OC2CSC2)c1)c1ccc(F)cc1. The third kappa shape index (κ3) is 4.32. The van der Waals surface area contributed by atoms with Crippen LogP contribution in [0.5, 0.6) is 5.75 Å². The average Bonchev–Trinajstić information content (AvgIpc) is 2.52. The number of hydrazone groups is 1. The van der Waals surface area contributed by atoms with Crippen molar-refractivity contribution in [2.45, 2.75) is 6.10 Å². The fraction of sp³-hybridized carbons (Fsp3) is 0.176. The van der Waals surface area contributed by atoms with Crippen molar-refractivity contribution >= 4 is 23.9 Å². The first-order chi connectivity index (χ1) is 11.2. The first-order valence-electron chi connectivity index (χ1n) is 7.14. The maximum atomic E-state index is 12.8. The lowest BCUT2D eigenvalue weighted by Crippen LogP contribution is -2.31. The predicted octanol–water partition coefficient (Wildman–Crippen LogP) is 3.08. The minimum atomic E-state index is -0.389. The number of carbonyl (C=O) groups excluding carboxylic acids is 1. The van der Waals surface area contributed by atoms with Crippen LogP contribution in [0.1, 0.15) is 15.9 Å². The first-order valence-corrected chi connectivity index (χ1v) is 8.29. The van der Waals surface area contributed by atoms with Gasteiger partial charge in [0.2, 0.25) is 0 Å². The molecule has 3 rings (SSSR count). The van der Waals surface area contributed by atoms with Crippen LogP contribution in [0.4, 0.5) is 4.39 Å². The van der Waals surface area contributed by atoms with Gasteiger partial charge < -0.3 is 4.74 Å². The molecule has 0 aliphatic carbocycles. The molecule has 0 radical (unpaired) electrons. The standard InChI is InChI=1S/C17H15FN2O2S/c18-14-6-4-13(5-7-14)17(21)20-19-9-12-2-1-3-15(8-12)22-16-10-23-11-16/h1-9,16H,10-11H2,(H,20,21)/b19-9-. The topological polar surface area (TPSA) is 50.7 Å². The molecule has 23 heavy (non-hydrogen) atoms. The summed E-state index contributed by atoms with van der Waals surface area (Å²) in [6, 6.07) is 12.8. The molecule has 4 nitrogen and oxygen atoms in total. The number of ether oxygens (including phenoxy) is 1. The van der Waals surface area contributed by atoms with Crippen LogP contribution >= 0.6 is 11.8 Å². The van der Waals surface area contributed by atoms with Crippen molar-refractivity contribution in [2.75, 3.05) is 11.5 Å². The van der Waals surface area contributed by atoms with Gasteiger partial charge in [-0.05, 0) is 42.0 Å². The molecular formula is C17H15FN2O2S. The molecular weight excluding hydrogens is 315 g/mol. The Hall–Kier alpha value is -2.34. The second kappa shape index (κ2) is 7.28. The highest BCUT2D eigenvalue weighted by atomic mass is 32.2. The molecule has 0 unspecified atom stereocenters. The molecule has 0 aromatic heterocycles. The van der Waals surface area contributed by atoms with Gasteiger partial charge in [0.1, 0.15) is 17.7 Å². The zero-order valence-electron chi connectivity index (χ0n) is 12.2. The molecule has 0 atom stereocenters. The fourth-order valence-corrected chi connectivity index (χ4v) is 2.54. The molecule has 118 valence electrons. The minimum absolute atomic E-state index is 0.283. The van der Waals surface area contributed by atoms with Gasteiger partial charge in [-0.2, -0.15) is 16.9 Å². The van der Waals surface area contributed by atoms with Gasteiger partial charge in [-0.15, -0.1) is 0 Å². The predicted molar refractivity (Wildman–Crippen MR) is 89.6 cm³/mol. The highest BCUT2D eigenvalue weighted by molar-refractivity contribution is 8.00. The second-order valence-corrected chi connectivity index (χ2v) is 6.13. The summed E-state index contributed by atoms with van der Waals surface area (Å²) < 4.78 is 18.6. The van der Waals surface area contributed by atoms with Gasteiger partial charge in [0.15, 0.2) is 0 Å². The summed E-state index contributed by atoms with van der Waals surface area (Å²) in [6.07, 6.45) is 1.83. The summed E-state index contributed by atoms with van der Waals surface area (Å²) in [5.74, 6) is 2.06. The van der Waals surface area contributed by atoms with Gasteiger partial charge >= 0.3 is 0 Å². The van der Waals surface area contributed by atoms with Crippen LogP contribution in [0, 0.1) is 5.82 Å². The van der Waals surface area contributed by atoms with E-state index in [2.05, 4.69) is 10.5 Å². The number of carbonyl (C=O) groups is 1. The quantitative estimate of drug-likeness (QED) is 0.677. The van der Waals surface area contributed by atoms with Gasteiger partial charge in [0.25, 0.3) is 5.91 Å². The van der Waals surface area contributed by atoms with E-state index in [0.717, 1.165) is 22.8 Å². The number of hydrogen-bond acceptors (Lipinski definition) is 4. The lowest BCUT2D eigenvalue weighted by molar-refractivity contribution is 0.0955. The summed E-state index contributed by atoms with van der Waals surface area (Å²) in [6.45, 7) is 0. The van der Waals surface area contributed by atoms with Gasteiger partial charge in [-0.3, -0.25) is 4.79 Å². The number of thioether (sulfide) groups is 1. The molecule has 0 saturated carbocycles. The Kier molecular flexibility index (Phi) is 4.92. The Bertz CT molecular complexity index is 715. The Morgan fingerprint density at radius 1 is 1.26 bits per heavy atom. The number of benzene rings is 2. The van der Waals surface area contributed by atoms with E-state index in [1.807, 2.05) is 36.0 Å². The van der Waals surface area contributed by atoms with E-state index in [-0.39, 0.29) is 17.8 Å². The van der Waals surface area contributed by atoms with Crippen LogP contribution in [0.25, 0.3) is 0 Å². The molecule has 2 aromatic rings. The van der Waals surface area contributed by atoms with Gasteiger partial charge in [0, 0.05) is 17.1 Å². The molecule has 6 heteroatoms. The van der Waals surface area contributed by atoms with Crippen LogP contribution in [0.3, 0.4) is 0 Å². The molecule has 0 spiro atoms. The molecule has 1 aliphatic rings. The Morgan fingerprint density at radius 2 is 2.04 bits per heavy atom. The second-order valence-electron chi connectivity index (χ2n) is 5.06. The summed E-state index contributed by atoms with van der Waals surface area (Å²) >= 11 is 1.86. The molecule has 1 aliphatic heterocycles. The van der Waals surface area contributed by atoms with Gasteiger partial charge in [-0.25, -0.2) is 9.82 Å². The van der Waals surface area contributed by atoms with E-state index in [4.69, 9.17) is 4.74 Å². The summed E-state index contributed by atoms with van der Waals surface area (Å²) in [4.78, 5) is 11.8.